The number of nitrogen functional groups attached to an aromatic ring is 1. The van der Waals surface area contributed by atoms with Gasteiger partial charge in [0.2, 0.25) is 5.13 Å². The Morgan fingerprint density at radius 3 is 2.09 bits per heavy atom. The smallest absolute Gasteiger partial charge is 0.377 e. The van der Waals surface area contributed by atoms with Crippen LogP contribution < -0.4 is 5.73 Å². The van der Waals surface area contributed by atoms with E-state index in [-0.39, 0.29) is 0 Å². The molecule has 0 saturated heterocycles. The van der Waals surface area contributed by atoms with Gasteiger partial charge in [-0.2, -0.15) is 0 Å². The lowest BCUT2D eigenvalue weighted by atomic mass is 10.1. The molecule has 0 unspecified atom stereocenters. The van der Waals surface area contributed by atoms with Crippen LogP contribution in [0.5, 0.6) is 0 Å². The van der Waals surface area contributed by atoms with Gasteiger partial charge >= 0.3 is 8.80 Å². The molecular formula is C13H27N3O3S2Si. The van der Waals surface area contributed by atoms with Crippen molar-refractivity contribution >= 4 is 37.0 Å². The van der Waals surface area contributed by atoms with Crippen LogP contribution >= 0.6 is 23.1 Å². The number of nitrogens with two attached hydrogens (primary N) is 1. The molecule has 2 N–H and O–H groups in total. The van der Waals surface area contributed by atoms with Gasteiger partial charge in [-0.15, -0.1) is 10.2 Å². The van der Waals surface area contributed by atoms with Crippen molar-refractivity contribution in [1.29, 1.82) is 0 Å². The van der Waals surface area contributed by atoms with Gasteiger partial charge in [-0.1, -0.05) is 48.8 Å². The fraction of sp³-hybridized carbons (Fsp3) is 0.846. The summed E-state index contributed by atoms with van der Waals surface area (Å²) in [4.78, 5) is 0. The highest BCUT2D eigenvalue weighted by atomic mass is 32.2. The summed E-state index contributed by atoms with van der Waals surface area (Å²) in [6.07, 6.45) is 7.27. The summed E-state index contributed by atoms with van der Waals surface area (Å²) in [6.45, 7) is 0. The van der Waals surface area contributed by atoms with Crippen molar-refractivity contribution in [3.05, 3.63) is 0 Å². The van der Waals surface area contributed by atoms with E-state index in [4.69, 9.17) is 19.0 Å². The summed E-state index contributed by atoms with van der Waals surface area (Å²) in [5.41, 5.74) is 5.55. The predicted octanol–water partition coefficient (Wildman–Crippen LogP) is 3.43. The lowest BCUT2D eigenvalue weighted by molar-refractivity contribution is 0.122. The van der Waals surface area contributed by atoms with Crippen molar-refractivity contribution in [3.8, 4) is 0 Å². The van der Waals surface area contributed by atoms with Crippen LogP contribution in [0.1, 0.15) is 38.5 Å². The minimum atomic E-state index is -2.36. The molecule has 0 radical (unpaired) electrons. The molecule has 6 nitrogen and oxygen atoms in total. The number of hydrogen-bond acceptors (Lipinski definition) is 8. The molecule has 1 rings (SSSR count). The van der Waals surface area contributed by atoms with Crippen LogP contribution in [0.3, 0.4) is 0 Å². The molecule has 0 atom stereocenters. The third-order valence-electron chi connectivity index (χ3n) is 3.46. The summed E-state index contributed by atoms with van der Waals surface area (Å²) in [6, 6.07) is 0.894. The summed E-state index contributed by atoms with van der Waals surface area (Å²) in [5, 5.41) is 8.35. The summed E-state index contributed by atoms with van der Waals surface area (Å²) >= 11 is 3.20. The highest BCUT2D eigenvalue weighted by Gasteiger charge is 2.36. The molecule has 0 amide bonds. The minimum Gasteiger partial charge on any atom is -0.377 e. The molecular weight excluding hydrogens is 338 g/mol. The zero-order chi connectivity index (χ0) is 16.3. The van der Waals surface area contributed by atoms with Gasteiger partial charge in [0.15, 0.2) is 4.34 Å². The standard InChI is InChI=1S/C13H27N3O3S2Si/c1-17-22(18-2,19-3)11-9-7-5-4-6-8-10-20-13-16-15-12(14)21-13/h4-11H2,1-3H3,(H2,14,15). The Kier molecular flexibility index (Phi) is 10.3. The molecule has 9 heteroatoms. The normalized spacial score (nSPS) is 12.0. The maximum atomic E-state index is 5.55. The van der Waals surface area contributed by atoms with Gasteiger partial charge in [0, 0.05) is 33.1 Å². The zero-order valence-corrected chi connectivity index (χ0v) is 16.3. The van der Waals surface area contributed by atoms with E-state index in [0.717, 1.165) is 22.6 Å². The summed E-state index contributed by atoms with van der Waals surface area (Å²) in [5.74, 6) is 1.09. The maximum absolute atomic E-state index is 5.55. The monoisotopic (exact) mass is 365 g/mol. The van der Waals surface area contributed by atoms with Crippen molar-refractivity contribution < 1.29 is 13.3 Å². The SMILES string of the molecule is CO[Si](CCCCCCCCSc1nnc(N)s1)(OC)OC. The fourth-order valence-corrected chi connectivity index (χ4v) is 5.65. The first-order valence-corrected chi connectivity index (χ1v) is 11.3. The van der Waals surface area contributed by atoms with Crippen molar-refractivity contribution in [2.75, 3.05) is 32.8 Å². The van der Waals surface area contributed by atoms with Gasteiger partial charge in [-0.3, -0.25) is 0 Å². The van der Waals surface area contributed by atoms with Crippen LogP contribution in [0.15, 0.2) is 4.34 Å². The Balaban J connectivity index is 1.95. The van der Waals surface area contributed by atoms with Crippen LogP contribution in [0.2, 0.25) is 6.04 Å². The van der Waals surface area contributed by atoms with E-state index in [9.17, 15) is 0 Å². The Bertz CT molecular complexity index is 397. The van der Waals surface area contributed by atoms with Crippen LogP contribution in [-0.4, -0.2) is 46.1 Å². The molecule has 0 aliphatic heterocycles. The van der Waals surface area contributed by atoms with E-state index in [1.807, 2.05) is 0 Å². The van der Waals surface area contributed by atoms with Crippen LogP contribution in [0.25, 0.3) is 0 Å². The molecule has 128 valence electrons. The van der Waals surface area contributed by atoms with Gasteiger partial charge < -0.3 is 19.0 Å². The summed E-state index contributed by atoms with van der Waals surface area (Å²) < 4.78 is 17.2. The Hall–Kier alpha value is -0.193. The van der Waals surface area contributed by atoms with Gasteiger partial charge in [0.25, 0.3) is 0 Å². The first-order chi connectivity index (χ1) is 10.7. The molecule has 0 spiro atoms. The predicted molar refractivity (Wildman–Crippen MR) is 94.3 cm³/mol. The quantitative estimate of drug-likeness (QED) is 0.326. The number of unbranched alkanes of at least 4 members (excludes halogenated alkanes) is 5. The lowest BCUT2D eigenvalue weighted by Crippen LogP contribution is -2.42. The zero-order valence-electron chi connectivity index (χ0n) is 13.7. The van der Waals surface area contributed by atoms with Gasteiger partial charge in [0.1, 0.15) is 0 Å². The highest BCUT2D eigenvalue weighted by molar-refractivity contribution is 8.01. The first kappa shape index (κ1) is 19.9. The van der Waals surface area contributed by atoms with E-state index in [1.54, 1.807) is 33.1 Å². The van der Waals surface area contributed by atoms with Gasteiger partial charge in [-0.25, -0.2) is 0 Å². The molecule has 0 saturated carbocycles. The Morgan fingerprint density at radius 2 is 1.55 bits per heavy atom. The van der Waals surface area contributed by atoms with E-state index in [1.165, 1.54) is 43.4 Å². The molecule has 22 heavy (non-hydrogen) atoms. The van der Waals surface area contributed by atoms with Crippen LogP contribution in [-0.2, 0) is 13.3 Å². The second-order valence-corrected chi connectivity index (χ2v) is 10.4. The molecule has 1 heterocycles. The maximum Gasteiger partial charge on any atom is 0.500 e. The third-order valence-corrected chi connectivity index (χ3v) is 8.26. The number of rotatable bonds is 13. The molecule has 0 fully saturated rings. The average Bonchev–Trinajstić information content (AvgIpc) is 2.95. The number of nitrogens with zero attached hydrogens (tertiary/aromatic N) is 2. The van der Waals surface area contributed by atoms with Crippen LogP contribution in [0, 0.1) is 0 Å². The molecule has 0 aromatic carbocycles. The molecule has 0 bridgehead atoms. The topological polar surface area (TPSA) is 79.5 Å². The Morgan fingerprint density at radius 1 is 0.955 bits per heavy atom. The van der Waals surface area contributed by atoms with Crippen molar-refractivity contribution in [2.45, 2.75) is 48.9 Å². The number of hydrogen-bond donors (Lipinski definition) is 1. The number of aromatic nitrogens is 2. The minimum absolute atomic E-state index is 0.547. The molecule has 0 aliphatic carbocycles. The molecule has 1 aromatic heterocycles. The van der Waals surface area contributed by atoms with E-state index in [0.29, 0.717) is 5.13 Å². The largest absolute Gasteiger partial charge is 0.500 e. The summed E-state index contributed by atoms with van der Waals surface area (Å²) in [7, 11) is 2.65. The van der Waals surface area contributed by atoms with Crippen molar-refractivity contribution in [3.63, 3.8) is 0 Å². The number of thioether (sulfide) groups is 1. The second-order valence-electron chi connectivity index (χ2n) is 4.92. The fourth-order valence-electron chi connectivity index (χ4n) is 2.15. The Labute approximate surface area is 142 Å². The first-order valence-electron chi connectivity index (χ1n) is 7.53. The highest BCUT2D eigenvalue weighted by Crippen LogP contribution is 2.24. The van der Waals surface area contributed by atoms with E-state index >= 15 is 0 Å². The van der Waals surface area contributed by atoms with Crippen LogP contribution in [0.4, 0.5) is 5.13 Å². The van der Waals surface area contributed by atoms with Gasteiger partial charge in [0.05, 0.1) is 0 Å². The van der Waals surface area contributed by atoms with E-state index in [2.05, 4.69) is 10.2 Å². The number of anilines is 1. The molecule has 1 aromatic rings. The van der Waals surface area contributed by atoms with Crippen molar-refractivity contribution in [1.82, 2.24) is 10.2 Å². The van der Waals surface area contributed by atoms with Crippen molar-refractivity contribution in [2.24, 2.45) is 0 Å². The van der Waals surface area contributed by atoms with E-state index < -0.39 is 8.80 Å². The average molecular weight is 366 g/mol. The second kappa shape index (κ2) is 11.4. The molecule has 0 aliphatic rings. The van der Waals surface area contributed by atoms with Gasteiger partial charge in [-0.05, 0) is 12.8 Å². The third kappa shape index (κ3) is 7.38. The lowest BCUT2D eigenvalue weighted by Gasteiger charge is -2.24.